The zero-order valence-electron chi connectivity index (χ0n) is 8.54. The molecule has 2 rings (SSSR count). The highest BCUT2D eigenvalue weighted by atomic mass is 16.5. The van der Waals surface area contributed by atoms with Gasteiger partial charge in [0.25, 0.3) is 0 Å². The lowest BCUT2D eigenvalue weighted by atomic mass is 9.90. The Morgan fingerprint density at radius 1 is 1.57 bits per heavy atom. The summed E-state index contributed by atoms with van der Waals surface area (Å²) in [6, 6.07) is 0. The normalized spacial score (nSPS) is 37.4. The molecule has 14 heavy (non-hydrogen) atoms. The second-order valence-electron chi connectivity index (χ2n) is 3.99. The van der Waals surface area contributed by atoms with Crippen LogP contribution in [0.4, 0.5) is 0 Å². The molecule has 0 aliphatic carbocycles. The molecule has 2 fully saturated rings. The molecular weight excluding hydrogens is 182 g/mol. The van der Waals surface area contributed by atoms with Crippen LogP contribution in [0.5, 0.6) is 0 Å². The van der Waals surface area contributed by atoms with E-state index in [1.807, 2.05) is 0 Å². The second kappa shape index (κ2) is 3.87. The first-order valence-corrected chi connectivity index (χ1v) is 5.25. The summed E-state index contributed by atoms with van der Waals surface area (Å²) in [7, 11) is 1.44. The van der Waals surface area contributed by atoms with Crippen molar-refractivity contribution in [3.05, 3.63) is 0 Å². The van der Waals surface area contributed by atoms with Crippen LogP contribution in [0.15, 0.2) is 0 Å². The molecule has 1 N–H and O–H groups in total. The Hall–Kier alpha value is -0.610. The minimum atomic E-state index is -0.411. The summed E-state index contributed by atoms with van der Waals surface area (Å²) in [5.74, 6) is -0.260. The Balaban J connectivity index is 2.11. The van der Waals surface area contributed by atoms with Crippen molar-refractivity contribution in [3.8, 4) is 0 Å². The Morgan fingerprint density at radius 3 is 3.07 bits per heavy atom. The number of esters is 1. The van der Waals surface area contributed by atoms with E-state index in [9.17, 15) is 4.79 Å². The first-order chi connectivity index (χ1) is 6.78. The van der Waals surface area contributed by atoms with E-state index in [2.05, 4.69) is 5.32 Å². The molecule has 2 unspecified atom stereocenters. The molecule has 2 atom stereocenters. The van der Waals surface area contributed by atoms with Crippen LogP contribution in [0.1, 0.15) is 25.7 Å². The maximum absolute atomic E-state index is 11.5. The van der Waals surface area contributed by atoms with E-state index >= 15 is 0 Å². The van der Waals surface area contributed by atoms with Crippen molar-refractivity contribution in [2.75, 3.05) is 20.3 Å². The van der Waals surface area contributed by atoms with Crippen LogP contribution in [-0.2, 0) is 14.3 Å². The smallest absolute Gasteiger partial charge is 0.313 e. The first-order valence-electron chi connectivity index (χ1n) is 5.25. The van der Waals surface area contributed by atoms with E-state index < -0.39 is 5.72 Å². The van der Waals surface area contributed by atoms with Crippen molar-refractivity contribution in [3.63, 3.8) is 0 Å². The minimum absolute atomic E-state index is 0.118. The molecule has 2 aliphatic rings. The highest BCUT2D eigenvalue weighted by Crippen LogP contribution is 2.36. The van der Waals surface area contributed by atoms with E-state index in [-0.39, 0.29) is 11.9 Å². The van der Waals surface area contributed by atoms with Crippen LogP contribution in [0.25, 0.3) is 0 Å². The maximum Gasteiger partial charge on any atom is 0.313 e. The second-order valence-corrected chi connectivity index (χ2v) is 3.99. The van der Waals surface area contributed by atoms with Crippen LogP contribution in [0.2, 0.25) is 0 Å². The molecule has 0 aromatic carbocycles. The van der Waals surface area contributed by atoms with Gasteiger partial charge < -0.3 is 9.47 Å². The average Bonchev–Trinajstić information content (AvgIpc) is 2.62. The fraction of sp³-hybridized carbons (Fsp3) is 0.900. The SMILES string of the molecule is COC(=O)C1CCNC12CCCCO2. The van der Waals surface area contributed by atoms with Crippen LogP contribution in [0, 0.1) is 5.92 Å². The third-order valence-electron chi connectivity index (χ3n) is 3.21. The topological polar surface area (TPSA) is 47.6 Å². The van der Waals surface area contributed by atoms with Crippen molar-refractivity contribution in [1.82, 2.24) is 5.32 Å². The summed E-state index contributed by atoms with van der Waals surface area (Å²) >= 11 is 0. The van der Waals surface area contributed by atoms with Crippen molar-refractivity contribution >= 4 is 5.97 Å². The number of methoxy groups -OCH3 is 1. The van der Waals surface area contributed by atoms with E-state index in [4.69, 9.17) is 9.47 Å². The Morgan fingerprint density at radius 2 is 2.43 bits per heavy atom. The fourth-order valence-corrected chi connectivity index (χ4v) is 2.47. The number of hydrogen-bond acceptors (Lipinski definition) is 4. The number of rotatable bonds is 1. The number of ether oxygens (including phenoxy) is 2. The quantitative estimate of drug-likeness (QED) is 0.630. The van der Waals surface area contributed by atoms with Crippen molar-refractivity contribution < 1.29 is 14.3 Å². The minimum Gasteiger partial charge on any atom is -0.469 e. The van der Waals surface area contributed by atoms with Gasteiger partial charge in [-0.25, -0.2) is 0 Å². The fourth-order valence-electron chi connectivity index (χ4n) is 2.47. The van der Waals surface area contributed by atoms with Crippen molar-refractivity contribution in [2.45, 2.75) is 31.4 Å². The number of nitrogens with one attached hydrogen (secondary N) is 1. The highest BCUT2D eigenvalue weighted by Gasteiger charge is 2.49. The summed E-state index contributed by atoms with van der Waals surface area (Å²) in [4.78, 5) is 11.5. The Labute approximate surface area is 84.0 Å². The molecule has 80 valence electrons. The van der Waals surface area contributed by atoms with E-state index in [0.717, 1.165) is 38.8 Å². The van der Waals surface area contributed by atoms with E-state index in [1.165, 1.54) is 7.11 Å². The molecule has 0 bridgehead atoms. The summed E-state index contributed by atoms with van der Waals surface area (Å²) in [5, 5.41) is 3.31. The predicted octanol–water partition coefficient (Wildman–Crippen LogP) is 0.666. The zero-order valence-corrected chi connectivity index (χ0v) is 8.54. The Bertz CT molecular complexity index is 223. The van der Waals surface area contributed by atoms with Crippen LogP contribution >= 0.6 is 0 Å². The largest absolute Gasteiger partial charge is 0.469 e. The lowest BCUT2D eigenvalue weighted by Gasteiger charge is -2.37. The van der Waals surface area contributed by atoms with Gasteiger partial charge in [-0.3, -0.25) is 10.1 Å². The highest BCUT2D eigenvalue weighted by molar-refractivity contribution is 5.74. The van der Waals surface area contributed by atoms with E-state index in [0.29, 0.717) is 0 Å². The van der Waals surface area contributed by atoms with Crippen molar-refractivity contribution in [1.29, 1.82) is 0 Å². The molecule has 4 nitrogen and oxygen atoms in total. The lowest BCUT2D eigenvalue weighted by Crippen LogP contribution is -2.52. The molecule has 2 aliphatic heterocycles. The van der Waals surface area contributed by atoms with Gasteiger partial charge in [-0.05, 0) is 32.2 Å². The van der Waals surface area contributed by atoms with Gasteiger partial charge in [0.05, 0.1) is 7.11 Å². The van der Waals surface area contributed by atoms with Gasteiger partial charge in [-0.1, -0.05) is 0 Å². The van der Waals surface area contributed by atoms with Crippen LogP contribution in [-0.4, -0.2) is 32.0 Å². The van der Waals surface area contributed by atoms with E-state index in [1.54, 1.807) is 0 Å². The molecule has 0 radical (unpaired) electrons. The summed E-state index contributed by atoms with van der Waals surface area (Å²) in [6.45, 7) is 1.60. The van der Waals surface area contributed by atoms with Gasteiger partial charge in [0.1, 0.15) is 11.6 Å². The molecular formula is C10H17NO3. The summed E-state index contributed by atoms with van der Waals surface area (Å²) in [5.41, 5.74) is -0.411. The van der Waals surface area contributed by atoms with Crippen molar-refractivity contribution in [2.24, 2.45) is 5.92 Å². The third kappa shape index (κ3) is 1.53. The average molecular weight is 199 g/mol. The van der Waals surface area contributed by atoms with Crippen LogP contribution in [0.3, 0.4) is 0 Å². The number of hydrogen-bond donors (Lipinski definition) is 1. The Kier molecular flexibility index (Phi) is 2.74. The van der Waals surface area contributed by atoms with Gasteiger partial charge in [0.2, 0.25) is 0 Å². The molecule has 2 heterocycles. The molecule has 4 heteroatoms. The molecule has 1 spiro atoms. The van der Waals surface area contributed by atoms with Gasteiger partial charge >= 0.3 is 5.97 Å². The molecule has 0 aromatic rings. The predicted molar refractivity (Wildman–Crippen MR) is 50.7 cm³/mol. The summed E-state index contributed by atoms with van der Waals surface area (Å²) in [6.07, 6.45) is 3.97. The molecule has 0 saturated carbocycles. The van der Waals surface area contributed by atoms with Gasteiger partial charge in [-0.15, -0.1) is 0 Å². The molecule has 0 aromatic heterocycles. The van der Waals surface area contributed by atoms with Crippen LogP contribution < -0.4 is 5.32 Å². The van der Waals surface area contributed by atoms with Gasteiger partial charge in [0, 0.05) is 6.61 Å². The first kappa shape index (κ1) is 9.93. The lowest BCUT2D eigenvalue weighted by molar-refractivity contribution is -0.166. The monoisotopic (exact) mass is 199 g/mol. The van der Waals surface area contributed by atoms with Gasteiger partial charge in [0.15, 0.2) is 0 Å². The molecule has 2 saturated heterocycles. The maximum atomic E-state index is 11.5. The zero-order chi connectivity index (χ0) is 10.0. The number of carbonyl (C=O) groups excluding carboxylic acids is 1. The third-order valence-corrected chi connectivity index (χ3v) is 3.21. The molecule has 0 amide bonds. The standard InChI is InChI=1S/C10H17NO3/c1-13-9(12)8-4-6-11-10(8)5-2-3-7-14-10/h8,11H,2-7H2,1H3. The van der Waals surface area contributed by atoms with Gasteiger partial charge in [-0.2, -0.15) is 0 Å². The summed E-state index contributed by atoms with van der Waals surface area (Å²) < 4.78 is 10.6. The number of carbonyl (C=O) groups is 1.